The molecule has 0 aromatic heterocycles. The predicted octanol–water partition coefficient (Wildman–Crippen LogP) is 1.34. The summed E-state index contributed by atoms with van der Waals surface area (Å²) in [6.07, 6.45) is 3.00. The first-order valence-electron chi connectivity index (χ1n) is 2.68. The normalized spacial score (nSPS) is 56.0. The van der Waals surface area contributed by atoms with E-state index in [1.807, 2.05) is 11.1 Å². The van der Waals surface area contributed by atoms with E-state index < -0.39 is 0 Å². The van der Waals surface area contributed by atoms with Crippen LogP contribution in [0, 0.1) is 11.8 Å². The summed E-state index contributed by atoms with van der Waals surface area (Å²) in [6, 6.07) is 0. The highest BCUT2D eigenvalue weighted by Crippen LogP contribution is 2.72. The van der Waals surface area contributed by atoms with E-state index in [0.717, 1.165) is 11.8 Å². The van der Waals surface area contributed by atoms with E-state index in [1.165, 1.54) is 12.8 Å². The van der Waals surface area contributed by atoms with Crippen LogP contribution >= 0.6 is 0 Å². The SMILES string of the molecule is C1C2=C3C1C3C2. The Labute approximate surface area is 36.9 Å². The second-order valence-electron chi connectivity index (χ2n) is 2.68. The highest BCUT2D eigenvalue weighted by atomic mass is 14.6. The van der Waals surface area contributed by atoms with Crippen LogP contribution in [0.1, 0.15) is 12.8 Å². The van der Waals surface area contributed by atoms with Crippen molar-refractivity contribution in [2.24, 2.45) is 11.8 Å². The molecule has 1 fully saturated rings. The van der Waals surface area contributed by atoms with Gasteiger partial charge < -0.3 is 0 Å². The van der Waals surface area contributed by atoms with Gasteiger partial charge in [0.05, 0.1) is 0 Å². The van der Waals surface area contributed by atoms with Gasteiger partial charge in [-0.1, -0.05) is 11.1 Å². The minimum Gasteiger partial charge on any atom is -0.0691 e. The van der Waals surface area contributed by atoms with Gasteiger partial charge in [-0.2, -0.15) is 0 Å². The second-order valence-corrected chi connectivity index (χ2v) is 2.68. The molecule has 30 valence electrons. The zero-order chi connectivity index (χ0) is 3.72. The van der Waals surface area contributed by atoms with E-state index in [4.69, 9.17) is 0 Å². The maximum Gasteiger partial charge on any atom is -0.00912 e. The molecule has 0 spiro atoms. The van der Waals surface area contributed by atoms with E-state index in [2.05, 4.69) is 0 Å². The summed E-state index contributed by atoms with van der Waals surface area (Å²) in [5.74, 6) is 2.31. The first-order chi connectivity index (χ1) is 2.97. The predicted molar refractivity (Wildman–Crippen MR) is 23.2 cm³/mol. The molecule has 3 aliphatic rings. The minimum absolute atomic E-state index is 1.15. The van der Waals surface area contributed by atoms with E-state index >= 15 is 0 Å². The third kappa shape index (κ3) is 0.0594. The Balaban J connectivity index is 2.54. The standard InChI is InChI=1S/C6H6/c1-3-2-5-4(1)6(3)5/h4-5H,1-2H2. The van der Waals surface area contributed by atoms with Gasteiger partial charge in [0.2, 0.25) is 0 Å². The molecule has 0 saturated heterocycles. The Bertz CT molecular complexity index is 137. The molecule has 0 aromatic rings. The Hall–Kier alpha value is -0.260. The lowest BCUT2D eigenvalue weighted by Crippen LogP contribution is -1.94. The topological polar surface area (TPSA) is 0 Å². The van der Waals surface area contributed by atoms with Crippen molar-refractivity contribution in [2.75, 3.05) is 0 Å². The Kier molecular flexibility index (Phi) is 0.126. The molecule has 0 heterocycles. The van der Waals surface area contributed by atoms with Gasteiger partial charge >= 0.3 is 0 Å². The second kappa shape index (κ2) is 0.351. The Morgan fingerprint density at radius 2 is 1.83 bits per heavy atom. The fourth-order valence-electron chi connectivity index (χ4n) is 2.00. The van der Waals surface area contributed by atoms with Crippen molar-refractivity contribution in [1.29, 1.82) is 0 Å². The first kappa shape index (κ1) is 2.15. The molecule has 1 saturated carbocycles. The van der Waals surface area contributed by atoms with Crippen LogP contribution in [-0.4, -0.2) is 0 Å². The van der Waals surface area contributed by atoms with Crippen LogP contribution in [0.3, 0.4) is 0 Å². The first-order valence-corrected chi connectivity index (χ1v) is 2.68. The van der Waals surface area contributed by atoms with Crippen molar-refractivity contribution < 1.29 is 0 Å². The van der Waals surface area contributed by atoms with Crippen molar-refractivity contribution >= 4 is 0 Å². The van der Waals surface area contributed by atoms with Crippen LogP contribution in [0.15, 0.2) is 11.1 Å². The largest absolute Gasteiger partial charge is 0.0691 e. The third-order valence-electron chi connectivity index (χ3n) is 2.52. The van der Waals surface area contributed by atoms with Crippen molar-refractivity contribution in [2.45, 2.75) is 12.8 Å². The minimum atomic E-state index is 1.15. The van der Waals surface area contributed by atoms with Gasteiger partial charge in [0.1, 0.15) is 0 Å². The lowest BCUT2D eigenvalue weighted by molar-refractivity contribution is 0.834. The third-order valence-corrected chi connectivity index (χ3v) is 2.52. The summed E-state index contributed by atoms with van der Waals surface area (Å²) >= 11 is 0. The number of hydrogen-bond donors (Lipinski definition) is 0. The molecule has 0 nitrogen and oxygen atoms in total. The van der Waals surface area contributed by atoms with E-state index in [0.29, 0.717) is 0 Å². The fourth-order valence-corrected chi connectivity index (χ4v) is 2.00. The molecular weight excluding hydrogens is 72.1 g/mol. The summed E-state index contributed by atoms with van der Waals surface area (Å²) in [4.78, 5) is 0. The van der Waals surface area contributed by atoms with Gasteiger partial charge in [-0.25, -0.2) is 0 Å². The lowest BCUT2D eigenvalue weighted by Gasteiger charge is -2.11. The molecule has 0 radical (unpaired) electrons. The van der Waals surface area contributed by atoms with Gasteiger partial charge in [0, 0.05) is 0 Å². The quantitative estimate of drug-likeness (QED) is 0.383. The van der Waals surface area contributed by atoms with Gasteiger partial charge in [-0.3, -0.25) is 0 Å². The molecular formula is C6H6. The molecule has 6 heavy (non-hydrogen) atoms. The molecule has 0 bridgehead atoms. The highest BCUT2D eigenvalue weighted by Gasteiger charge is 2.61. The van der Waals surface area contributed by atoms with Crippen LogP contribution in [0.25, 0.3) is 0 Å². The zero-order valence-corrected chi connectivity index (χ0v) is 3.57. The fraction of sp³-hybridized carbons (Fsp3) is 0.667. The number of fused-ring (bicyclic) bond motifs is 1. The van der Waals surface area contributed by atoms with Gasteiger partial charge in [-0.15, -0.1) is 0 Å². The lowest BCUT2D eigenvalue weighted by atomic mass is 9.95. The molecule has 2 atom stereocenters. The molecule has 0 amide bonds. The van der Waals surface area contributed by atoms with Crippen molar-refractivity contribution in [3.8, 4) is 0 Å². The van der Waals surface area contributed by atoms with Gasteiger partial charge in [0.25, 0.3) is 0 Å². The Morgan fingerprint density at radius 3 is 1.83 bits per heavy atom. The molecule has 0 aliphatic heterocycles. The van der Waals surface area contributed by atoms with E-state index in [1.54, 1.807) is 0 Å². The smallest absolute Gasteiger partial charge is 0.00912 e. The summed E-state index contributed by atoms with van der Waals surface area (Å²) in [6.45, 7) is 0. The zero-order valence-electron chi connectivity index (χ0n) is 3.57. The summed E-state index contributed by atoms with van der Waals surface area (Å²) in [5, 5.41) is 0. The molecule has 3 aliphatic carbocycles. The Morgan fingerprint density at radius 1 is 1.17 bits per heavy atom. The molecule has 0 N–H and O–H groups in total. The number of allylic oxidation sites excluding steroid dienone is 2. The van der Waals surface area contributed by atoms with Crippen LogP contribution < -0.4 is 0 Å². The summed E-state index contributed by atoms with van der Waals surface area (Å²) in [7, 11) is 0. The highest BCUT2D eigenvalue weighted by molar-refractivity contribution is 5.55. The maximum absolute atomic E-state index is 1.87. The van der Waals surface area contributed by atoms with Crippen molar-refractivity contribution in [3.63, 3.8) is 0 Å². The number of rotatable bonds is 0. The molecule has 0 aromatic carbocycles. The van der Waals surface area contributed by atoms with Crippen molar-refractivity contribution in [3.05, 3.63) is 11.1 Å². The van der Waals surface area contributed by atoms with Crippen molar-refractivity contribution in [1.82, 2.24) is 0 Å². The molecule has 0 heteroatoms. The van der Waals surface area contributed by atoms with Gasteiger partial charge in [0.15, 0.2) is 0 Å². The van der Waals surface area contributed by atoms with Crippen LogP contribution in [0.5, 0.6) is 0 Å². The maximum atomic E-state index is 1.87. The average Bonchev–Trinajstić information content (AvgIpc) is 2.03. The van der Waals surface area contributed by atoms with Crippen LogP contribution in [0.4, 0.5) is 0 Å². The monoisotopic (exact) mass is 78.0 g/mol. The summed E-state index contributed by atoms with van der Waals surface area (Å²) in [5.41, 5.74) is 3.69. The van der Waals surface area contributed by atoms with Gasteiger partial charge in [-0.05, 0) is 24.7 Å². The van der Waals surface area contributed by atoms with E-state index in [9.17, 15) is 0 Å². The molecule has 2 unspecified atom stereocenters. The molecule has 3 rings (SSSR count). The van der Waals surface area contributed by atoms with E-state index in [-0.39, 0.29) is 0 Å². The van der Waals surface area contributed by atoms with Crippen LogP contribution in [-0.2, 0) is 0 Å². The average molecular weight is 78.1 g/mol. The summed E-state index contributed by atoms with van der Waals surface area (Å²) < 4.78 is 0. The van der Waals surface area contributed by atoms with Crippen LogP contribution in [0.2, 0.25) is 0 Å². The number of hydrogen-bond acceptors (Lipinski definition) is 0.